The van der Waals surface area contributed by atoms with Crippen LogP contribution in [0.15, 0.2) is 0 Å². The summed E-state index contributed by atoms with van der Waals surface area (Å²) in [6.45, 7) is -0.151. The third kappa shape index (κ3) is 2.92. The van der Waals surface area contributed by atoms with Gasteiger partial charge in [-0.3, -0.25) is 4.90 Å². The number of aliphatic hydroxyl groups excluding tert-OH is 3. The van der Waals surface area contributed by atoms with Crippen molar-refractivity contribution in [1.29, 1.82) is 0 Å². The minimum atomic E-state index is -0.211. The molecule has 3 N–H and O–H groups in total. The lowest BCUT2D eigenvalue weighted by Crippen LogP contribution is -2.28. The normalized spacial score (nSPS) is 10.5. The van der Waals surface area contributed by atoms with Crippen LogP contribution < -0.4 is 0 Å². The first-order chi connectivity index (χ1) is 3.85. The molecule has 0 heterocycles. The lowest BCUT2D eigenvalue weighted by Gasteiger charge is -2.12. The molecule has 0 aromatic carbocycles. The molecule has 0 spiro atoms. The molecule has 0 fully saturated rings. The van der Waals surface area contributed by atoms with E-state index in [-0.39, 0.29) is 20.1 Å². The highest BCUT2D eigenvalue weighted by atomic mass is 16.3. The average molecular weight is 121 g/mol. The molecule has 0 atom stereocenters. The van der Waals surface area contributed by atoms with Crippen LogP contribution in [0.3, 0.4) is 0 Å². The summed E-state index contributed by atoms with van der Waals surface area (Å²) in [5.41, 5.74) is 0. The molecule has 0 aliphatic heterocycles. The van der Waals surface area contributed by atoms with Crippen molar-refractivity contribution in [1.82, 2.24) is 4.90 Å². The SMILES string of the molecule is OCCN(CO)CO. The van der Waals surface area contributed by atoms with E-state index >= 15 is 0 Å². The largest absolute Gasteiger partial charge is 0.395 e. The Morgan fingerprint density at radius 2 is 1.50 bits per heavy atom. The van der Waals surface area contributed by atoms with E-state index in [0.717, 1.165) is 0 Å². The lowest BCUT2D eigenvalue weighted by atomic mass is 10.6. The van der Waals surface area contributed by atoms with E-state index in [1.165, 1.54) is 4.90 Å². The van der Waals surface area contributed by atoms with Gasteiger partial charge in [0.2, 0.25) is 0 Å². The van der Waals surface area contributed by atoms with Crippen molar-refractivity contribution in [3.05, 3.63) is 0 Å². The standard InChI is InChI=1S/C4H11NO3/c6-2-1-5(3-7)4-8/h6-8H,1-4H2. The Morgan fingerprint density at radius 3 is 1.62 bits per heavy atom. The monoisotopic (exact) mass is 121 g/mol. The summed E-state index contributed by atoms with van der Waals surface area (Å²) in [5.74, 6) is 0. The first kappa shape index (κ1) is 7.84. The molecular weight excluding hydrogens is 110 g/mol. The first-order valence-electron chi connectivity index (χ1n) is 2.40. The van der Waals surface area contributed by atoms with Crippen LogP contribution in [0.5, 0.6) is 0 Å². The second kappa shape index (κ2) is 4.99. The van der Waals surface area contributed by atoms with Gasteiger partial charge in [0.05, 0.1) is 20.1 Å². The van der Waals surface area contributed by atoms with Crippen molar-refractivity contribution in [2.24, 2.45) is 0 Å². The van der Waals surface area contributed by atoms with Gasteiger partial charge in [0.15, 0.2) is 0 Å². The Bertz CT molecular complexity index is 46.5. The van der Waals surface area contributed by atoms with Crippen LogP contribution in [0.1, 0.15) is 0 Å². The summed E-state index contributed by atoms with van der Waals surface area (Å²) in [7, 11) is 0. The molecule has 0 aliphatic rings. The summed E-state index contributed by atoms with van der Waals surface area (Å²) in [6.07, 6.45) is 0. The summed E-state index contributed by atoms with van der Waals surface area (Å²) in [6, 6.07) is 0. The molecule has 4 nitrogen and oxygen atoms in total. The van der Waals surface area contributed by atoms with Crippen LogP contribution in [-0.4, -0.2) is 46.8 Å². The smallest absolute Gasteiger partial charge is 0.0975 e. The molecule has 0 bridgehead atoms. The average Bonchev–Trinajstić information content (AvgIpc) is 1.83. The second-order valence-electron chi connectivity index (χ2n) is 1.40. The van der Waals surface area contributed by atoms with Crippen LogP contribution in [0.2, 0.25) is 0 Å². The zero-order chi connectivity index (χ0) is 6.41. The number of hydrogen-bond donors (Lipinski definition) is 3. The molecule has 0 amide bonds. The second-order valence-corrected chi connectivity index (χ2v) is 1.40. The molecule has 8 heavy (non-hydrogen) atoms. The van der Waals surface area contributed by atoms with Crippen LogP contribution in [0.25, 0.3) is 0 Å². The Morgan fingerprint density at radius 1 is 1.00 bits per heavy atom. The van der Waals surface area contributed by atoms with Crippen molar-refractivity contribution in [3.63, 3.8) is 0 Å². The van der Waals surface area contributed by atoms with Crippen LogP contribution in [-0.2, 0) is 0 Å². The van der Waals surface area contributed by atoms with Crippen molar-refractivity contribution in [2.45, 2.75) is 0 Å². The maximum Gasteiger partial charge on any atom is 0.0975 e. The van der Waals surface area contributed by atoms with Gasteiger partial charge in [0.25, 0.3) is 0 Å². The minimum absolute atomic E-state index is 0.0406. The Balaban J connectivity index is 3.07. The highest BCUT2D eigenvalue weighted by Crippen LogP contribution is 1.78. The van der Waals surface area contributed by atoms with Crippen molar-refractivity contribution >= 4 is 0 Å². The van der Waals surface area contributed by atoms with Gasteiger partial charge in [-0.25, -0.2) is 0 Å². The van der Waals surface area contributed by atoms with Gasteiger partial charge in [0, 0.05) is 6.54 Å². The maximum atomic E-state index is 8.31. The van der Waals surface area contributed by atoms with Gasteiger partial charge in [-0.15, -0.1) is 0 Å². The number of nitrogens with zero attached hydrogens (tertiary/aromatic N) is 1. The molecule has 0 radical (unpaired) electrons. The third-order valence-corrected chi connectivity index (χ3v) is 0.816. The fourth-order valence-electron chi connectivity index (χ4n) is 0.328. The van der Waals surface area contributed by atoms with Gasteiger partial charge in [-0.05, 0) is 0 Å². The van der Waals surface area contributed by atoms with E-state index < -0.39 is 0 Å². The quantitative estimate of drug-likeness (QED) is 0.383. The van der Waals surface area contributed by atoms with Gasteiger partial charge in [-0.2, -0.15) is 0 Å². The zero-order valence-corrected chi connectivity index (χ0v) is 4.62. The van der Waals surface area contributed by atoms with Crippen LogP contribution in [0, 0.1) is 0 Å². The van der Waals surface area contributed by atoms with Crippen molar-refractivity contribution in [2.75, 3.05) is 26.6 Å². The number of hydrogen-bond acceptors (Lipinski definition) is 4. The van der Waals surface area contributed by atoms with Gasteiger partial charge >= 0.3 is 0 Å². The van der Waals surface area contributed by atoms with Gasteiger partial charge in [-0.1, -0.05) is 0 Å². The predicted molar refractivity (Wildman–Crippen MR) is 28.0 cm³/mol. The van der Waals surface area contributed by atoms with Crippen molar-refractivity contribution < 1.29 is 15.3 Å². The van der Waals surface area contributed by atoms with E-state index in [0.29, 0.717) is 6.54 Å². The van der Waals surface area contributed by atoms with Gasteiger partial charge < -0.3 is 15.3 Å². The molecule has 0 saturated heterocycles. The predicted octanol–water partition coefficient (Wildman–Crippen LogP) is -1.82. The van der Waals surface area contributed by atoms with E-state index in [1.807, 2.05) is 0 Å². The molecule has 4 heteroatoms. The molecule has 0 rings (SSSR count). The minimum Gasteiger partial charge on any atom is -0.395 e. The number of aliphatic hydroxyl groups is 3. The Hall–Kier alpha value is -0.160. The van der Waals surface area contributed by atoms with Crippen LogP contribution >= 0.6 is 0 Å². The maximum absolute atomic E-state index is 8.31. The summed E-state index contributed by atoms with van der Waals surface area (Å²) in [4.78, 5) is 1.29. The number of rotatable bonds is 4. The summed E-state index contributed by atoms with van der Waals surface area (Å²) >= 11 is 0. The van der Waals surface area contributed by atoms with E-state index in [1.54, 1.807) is 0 Å². The first-order valence-corrected chi connectivity index (χ1v) is 2.40. The highest BCUT2D eigenvalue weighted by molar-refractivity contribution is 4.40. The molecular formula is C4H11NO3. The fourth-order valence-corrected chi connectivity index (χ4v) is 0.328. The zero-order valence-electron chi connectivity index (χ0n) is 4.62. The fraction of sp³-hybridized carbons (Fsp3) is 1.00. The summed E-state index contributed by atoms with van der Waals surface area (Å²) < 4.78 is 0. The van der Waals surface area contributed by atoms with Crippen molar-refractivity contribution in [3.8, 4) is 0 Å². The Kier molecular flexibility index (Phi) is 4.89. The molecule has 0 aromatic rings. The topological polar surface area (TPSA) is 63.9 Å². The van der Waals surface area contributed by atoms with E-state index in [2.05, 4.69) is 0 Å². The molecule has 50 valence electrons. The summed E-state index contributed by atoms with van der Waals surface area (Å²) in [5, 5.41) is 24.9. The van der Waals surface area contributed by atoms with Gasteiger partial charge in [0.1, 0.15) is 0 Å². The lowest BCUT2D eigenvalue weighted by molar-refractivity contribution is 0.0184. The van der Waals surface area contributed by atoms with E-state index in [9.17, 15) is 0 Å². The highest BCUT2D eigenvalue weighted by Gasteiger charge is 1.95. The molecule has 0 saturated carbocycles. The molecule has 0 unspecified atom stereocenters. The Labute approximate surface area is 48.0 Å². The van der Waals surface area contributed by atoms with E-state index in [4.69, 9.17) is 15.3 Å². The molecule has 0 aliphatic carbocycles. The molecule has 0 aromatic heterocycles. The van der Waals surface area contributed by atoms with Crippen LogP contribution in [0.4, 0.5) is 0 Å². The third-order valence-electron chi connectivity index (χ3n) is 0.816.